The first kappa shape index (κ1) is 16.7. The standard InChI is InChI=1S/C16H19FN4O2/c1-3-9-18-16(23)14-13(10-21(4-2)20-14)19-15(22)11-5-7-12(17)8-6-11/h5-8,10H,3-4,9H2,1-2H3,(H,18,23)(H,19,22). The van der Waals surface area contributed by atoms with Crippen LogP contribution in [0.2, 0.25) is 0 Å². The fourth-order valence-electron chi connectivity index (χ4n) is 1.96. The minimum atomic E-state index is -0.426. The average Bonchev–Trinajstić information content (AvgIpc) is 2.96. The zero-order valence-corrected chi connectivity index (χ0v) is 13.1. The van der Waals surface area contributed by atoms with Crippen LogP contribution in [0, 0.1) is 5.82 Å². The summed E-state index contributed by atoms with van der Waals surface area (Å²) in [6.07, 6.45) is 2.40. The number of carbonyl (C=O) groups is 2. The highest BCUT2D eigenvalue weighted by Gasteiger charge is 2.18. The summed E-state index contributed by atoms with van der Waals surface area (Å²) in [5.74, 6) is -1.18. The van der Waals surface area contributed by atoms with E-state index in [1.54, 1.807) is 10.9 Å². The molecule has 0 atom stereocenters. The summed E-state index contributed by atoms with van der Waals surface area (Å²) in [6.45, 7) is 4.93. The van der Waals surface area contributed by atoms with Crippen LogP contribution < -0.4 is 10.6 Å². The van der Waals surface area contributed by atoms with Crippen LogP contribution in [0.5, 0.6) is 0 Å². The molecule has 2 aromatic rings. The van der Waals surface area contributed by atoms with Crippen LogP contribution in [0.3, 0.4) is 0 Å². The monoisotopic (exact) mass is 318 g/mol. The molecule has 0 radical (unpaired) electrons. The molecular formula is C16H19FN4O2. The third-order valence-corrected chi connectivity index (χ3v) is 3.19. The molecular weight excluding hydrogens is 299 g/mol. The molecule has 1 aromatic heterocycles. The van der Waals surface area contributed by atoms with Crippen molar-refractivity contribution in [1.82, 2.24) is 15.1 Å². The Morgan fingerprint density at radius 3 is 2.48 bits per heavy atom. The van der Waals surface area contributed by atoms with Gasteiger partial charge in [-0.15, -0.1) is 0 Å². The minimum Gasteiger partial charge on any atom is -0.351 e. The van der Waals surface area contributed by atoms with Crippen molar-refractivity contribution in [2.24, 2.45) is 0 Å². The van der Waals surface area contributed by atoms with Crippen molar-refractivity contribution in [1.29, 1.82) is 0 Å². The summed E-state index contributed by atoms with van der Waals surface area (Å²) in [5.41, 5.74) is 0.793. The first-order valence-corrected chi connectivity index (χ1v) is 7.47. The smallest absolute Gasteiger partial charge is 0.273 e. The Kier molecular flexibility index (Phi) is 5.46. The molecule has 6 nitrogen and oxygen atoms in total. The van der Waals surface area contributed by atoms with E-state index in [0.29, 0.717) is 24.3 Å². The lowest BCUT2D eigenvalue weighted by Crippen LogP contribution is -2.26. The largest absolute Gasteiger partial charge is 0.351 e. The van der Waals surface area contributed by atoms with Gasteiger partial charge in [-0.1, -0.05) is 6.92 Å². The number of halogens is 1. The summed E-state index contributed by atoms with van der Waals surface area (Å²) in [6, 6.07) is 5.18. The molecule has 0 fully saturated rings. The maximum Gasteiger partial charge on any atom is 0.273 e. The van der Waals surface area contributed by atoms with Gasteiger partial charge in [0.1, 0.15) is 5.82 Å². The first-order valence-electron chi connectivity index (χ1n) is 7.47. The van der Waals surface area contributed by atoms with Crippen LogP contribution in [0.4, 0.5) is 10.1 Å². The molecule has 0 unspecified atom stereocenters. The molecule has 0 aliphatic rings. The van der Waals surface area contributed by atoms with Crippen molar-refractivity contribution in [3.63, 3.8) is 0 Å². The van der Waals surface area contributed by atoms with Crippen molar-refractivity contribution < 1.29 is 14.0 Å². The van der Waals surface area contributed by atoms with Gasteiger partial charge in [-0.25, -0.2) is 4.39 Å². The second kappa shape index (κ2) is 7.53. The lowest BCUT2D eigenvalue weighted by molar-refractivity contribution is 0.0948. The summed E-state index contributed by atoms with van der Waals surface area (Å²) in [7, 11) is 0. The van der Waals surface area contributed by atoms with Gasteiger partial charge < -0.3 is 10.6 Å². The maximum atomic E-state index is 12.9. The summed E-state index contributed by atoms with van der Waals surface area (Å²) >= 11 is 0. The van der Waals surface area contributed by atoms with E-state index >= 15 is 0 Å². The van der Waals surface area contributed by atoms with Gasteiger partial charge in [0, 0.05) is 24.8 Å². The van der Waals surface area contributed by atoms with E-state index in [1.165, 1.54) is 24.3 Å². The summed E-state index contributed by atoms with van der Waals surface area (Å²) in [5, 5.41) is 9.56. The van der Waals surface area contributed by atoms with Crippen LogP contribution in [0.25, 0.3) is 0 Å². The highest BCUT2D eigenvalue weighted by molar-refractivity contribution is 6.08. The van der Waals surface area contributed by atoms with E-state index in [9.17, 15) is 14.0 Å². The molecule has 122 valence electrons. The van der Waals surface area contributed by atoms with Crippen LogP contribution in [0.15, 0.2) is 30.5 Å². The number of anilines is 1. The molecule has 0 spiro atoms. The minimum absolute atomic E-state index is 0.163. The van der Waals surface area contributed by atoms with Crippen LogP contribution in [0.1, 0.15) is 41.1 Å². The highest BCUT2D eigenvalue weighted by atomic mass is 19.1. The Morgan fingerprint density at radius 2 is 1.87 bits per heavy atom. The summed E-state index contributed by atoms with van der Waals surface area (Å²) < 4.78 is 14.5. The Hall–Kier alpha value is -2.70. The van der Waals surface area contributed by atoms with Gasteiger partial charge in [0.25, 0.3) is 11.8 Å². The Bertz CT molecular complexity index is 695. The number of carbonyl (C=O) groups excluding carboxylic acids is 2. The number of rotatable bonds is 6. The number of benzene rings is 1. The quantitative estimate of drug-likeness (QED) is 0.859. The van der Waals surface area contributed by atoms with Gasteiger partial charge >= 0.3 is 0 Å². The molecule has 1 aromatic carbocycles. The molecule has 0 bridgehead atoms. The zero-order chi connectivity index (χ0) is 16.8. The number of nitrogens with one attached hydrogen (secondary N) is 2. The molecule has 0 aliphatic carbocycles. The van der Waals surface area contributed by atoms with E-state index in [-0.39, 0.29) is 11.6 Å². The third kappa shape index (κ3) is 4.15. The number of aryl methyl sites for hydroxylation is 1. The molecule has 2 N–H and O–H groups in total. The van der Waals surface area contributed by atoms with Crippen molar-refractivity contribution in [3.05, 3.63) is 47.5 Å². The molecule has 0 saturated carbocycles. The molecule has 23 heavy (non-hydrogen) atoms. The predicted molar refractivity (Wildman–Crippen MR) is 84.9 cm³/mol. The van der Waals surface area contributed by atoms with Crippen molar-refractivity contribution >= 4 is 17.5 Å². The predicted octanol–water partition coefficient (Wildman–Crippen LogP) is 2.43. The second-order valence-electron chi connectivity index (χ2n) is 4.96. The van der Waals surface area contributed by atoms with Gasteiger partial charge in [0.2, 0.25) is 0 Å². The number of hydrogen-bond acceptors (Lipinski definition) is 3. The van der Waals surface area contributed by atoms with E-state index < -0.39 is 11.7 Å². The van der Waals surface area contributed by atoms with Gasteiger partial charge in [-0.05, 0) is 37.6 Å². The molecule has 0 aliphatic heterocycles. The van der Waals surface area contributed by atoms with Gasteiger partial charge in [-0.2, -0.15) is 5.10 Å². The SMILES string of the molecule is CCCNC(=O)c1nn(CC)cc1NC(=O)c1ccc(F)cc1. The molecule has 7 heteroatoms. The van der Waals surface area contributed by atoms with Gasteiger partial charge in [0.05, 0.1) is 5.69 Å². The van der Waals surface area contributed by atoms with Crippen molar-refractivity contribution in [3.8, 4) is 0 Å². The normalized spacial score (nSPS) is 10.4. The molecule has 0 saturated heterocycles. The Morgan fingerprint density at radius 1 is 1.17 bits per heavy atom. The Labute approximate surface area is 133 Å². The lowest BCUT2D eigenvalue weighted by Gasteiger charge is -2.06. The number of aromatic nitrogens is 2. The average molecular weight is 318 g/mol. The fraction of sp³-hybridized carbons (Fsp3) is 0.312. The topological polar surface area (TPSA) is 76.0 Å². The molecule has 1 heterocycles. The highest BCUT2D eigenvalue weighted by Crippen LogP contribution is 2.16. The van der Waals surface area contributed by atoms with E-state index in [0.717, 1.165) is 6.42 Å². The molecule has 2 rings (SSSR count). The van der Waals surface area contributed by atoms with E-state index in [4.69, 9.17) is 0 Å². The first-order chi connectivity index (χ1) is 11.0. The fourth-order valence-corrected chi connectivity index (χ4v) is 1.96. The maximum absolute atomic E-state index is 12.9. The number of nitrogens with zero attached hydrogens (tertiary/aromatic N) is 2. The third-order valence-electron chi connectivity index (χ3n) is 3.19. The molecule has 2 amide bonds. The van der Waals surface area contributed by atoms with E-state index in [1.807, 2.05) is 13.8 Å². The number of amides is 2. The second-order valence-corrected chi connectivity index (χ2v) is 4.96. The van der Waals surface area contributed by atoms with Crippen LogP contribution >= 0.6 is 0 Å². The summed E-state index contributed by atoms with van der Waals surface area (Å²) in [4.78, 5) is 24.3. The zero-order valence-electron chi connectivity index (χ0n) is 13.1. The van der Waals surface area contributed by atoms with Crippen molar-refractivity contribution in [2.75, 3.05) is 11.9 Å². The van der Waals surface area contributed by atoms with Crippen molar-refractivity contribution in [2.45, 2.75) is 26.8 Å². The van der Waals surface area contributed by atoms with Crippen LogP contribution in [-0.4, -0.2) is 28.1 Å². The lowest BCUT2D eigenvalue weighted by atomic mass is 10.2. The number of hydrogen-bond donors (Lipinski definition) is 2. The van der Waals surface area contributed by atoms with E-state index in [2.05, 4.69) is 15.7 Å². The van der Waals surface area contributed by atoms with Gasteiger partial charge in [-0.3, -0.25) is 14.3 Å². The van der Waals surface area contributed by atoms with Gasteiger partial charge in [0.15, 0.2) is 5.69 Å². The van der Waals surface area contributed by atoms with Crippen LogP contribution in [-0.2, 0) is 6.54 Å². The Balaban J connectivity index is 2.20.